The molecule has 0 spiro atoms. The number of alkyl halides is 3. The summed E-state index contributed by atoms with van der Waals surface area (Å²) < 4.78 is 58.8. The van der Waals surface area contributed by atoms with E-state index >= 15 is 0 Å². The number of tetrazole rings is 1. The Balaban J connectivity index is 1.35. The maximum Gasteiger partial charge on any atom is 0.416 e. The number of hydrogen-bond donors (Lipinski definition) is 3. The van der Waals surface area contributed by atoms with Crippen LogP contribution in [-0.2, 0) is 27.7 Å². The Morgan fingerprint density at radius 1 is 1.14 bits per heavy atom. The van der Waals surface area contributed by atoms with Crippen LogP contribution in [0.15, 0.2) is 36.4 Å². The number of hydrogen-bond acceptors (Lipinski definition) is 6. The second-order valence-electron chi connectivity index (χ2n) is 9.12. The van der Waals surface area contributed by atoms with E-state index in [-0.39, 0.29) is 5.56 Å². The van der Waals surface area contributed by atoms with Crippen molar-refractivity contribution in [2.75, 3.05) is 18.5 Å². The smallest absolute Gasteiger partial charge is 0.381 e. The Labute approximate surface area is 203 Å². The van der Waals surface area contributed by atoms with Crippen LogP contribution in [-0.4, -0.2) is 45.8 Å². The molecule has 8 nitrogen and oxygen atoms in total. The van der Waals surface area contributed by atoms with Crippen LogP contribution in [0.2, 0.25) is 0 Å². The molecule has 1 saturated carbocycles. The van der Waals surface area contributed by atoms with Crippen molar-refractivity contribution in [2.24, 2.45) is 0 Å². The first-order chi connectivity index (χ1) is 17.3. The molecule has 3 N–H and O–H groups in total. The first-order valence-electron chi connectivity index (χ1n) is 11.6. The lowest BCUT2D eigenvalue weighted by Gasteiger charge is -2.24. The number of carbonyl (C=O) groups excluding carboxylic acids is 1. The molecule has 12 heteroatoms. The molecule has 0 radical (unpaired) electrons. The zero-order valence-electron chi connectivity index (χ0n) is 19.2. The number of anilines is 1. The van der Waals surface area contributed by atoms with E-state index in [0.717, 1.165) is 30.5 Å². The van der Waals surface area contributed by atoms with Gasteiger partial charge in [0.15, 0.2) is 5.82 Å². The first kappa shape index (κ1) is 24.3. The molecule has 2 aliphatic rings. The summed E-state index contributed by atoms with van der Waals surface area (Å²) in [5.41, 5.74) is -0.290. The molecular weight excluding hydrogens is 480 g/mol. The molecule has 0 atom stereocenters. The summed E-state index contributed by atoms with van der Waals surface area (Å²) in [5, 5.41) is 20.3. The molecule has 0 bridgehead atoms. The predicted molar refractivity (Wildman–Crippen MR) is 121 cm³/mol. The van der Waals surface area contributed by atoms with Crippen molar-refractivity contribution in [3.63, 3.8) is 0 Å². The lowest BCUT2D eigenvalue weighted by molar-refractivity contribution is -0.137. The highest BCUT2D eigenvalue weighted by Crippen LogP contribution is 2.50. The second-order valence-corrected chi connectivity index (χ2v) is 9.12. The topological polar surface area (TPSA) is 105 Å². The number of carbonyl (C=O) groups is 1. The normalized spacial score (nSPS) is 17.7. The molecule has 1 aliphatic heterocycles. The van der Waals surface area contributed by atoms with Gasteiger partial charge < -0.3 is 15.4 Å². The number of ether oxygens (including phenoxy) is 1. The summed E-state index contributed by atoms with van der Waals surface area (Å²) in [4.78, 5) is 13.2. The molecule has 2 aromatic carbocycles. The average molecular weight is 504 g/mol. The zero-order valence-corrected chi connectivity index (χ0v) is 19.2. The first-order valence-corrected chi connectivity index (χ1v) is 11.6. The molecule has 3 aromatic rings. The Morgan fingerprint density at radius 3 is 2.56 bits per heavy atom. The second kappa shape index (κ2) is 9.58. The van der Waals surface area contributed by atoms with Crippen molar-refractivity contribution in [3.8, 4) is 11.4 Å². The molecule has 2 fully saturated rings. The largest absolute Gasteiger partial charge is 0.416 e. The van der Waals surface area contributed by atoms with Crippen LogP contribution in [0, 0.1) is 5.82 Å². The van der Waals surface area contributed by atoms with Crippen molar-refractivity contribution < 1.29 is 27.1 Å². The molecule has 1 aliphatic carbocycles. The fourth-order valence-electron chi connectivity index (χ4n) is 4.53. The fraction of sp³-hybridized carbons (Fsp3) is 0.417. The zero-order chi connectivity index (χ0) is 25.3. The van der Waals surface area contributed by atoms with Gasteiger partial charge in [0.05, 0.1) is 11.0 Å². The Bertz CT molecular complexity index is 1240. The number of rotatable bonds is 7. The molecule has 1 aromatic heterocycles. The van der Waals surface area contributed by atoms with Gasteiger partial charge in [0, 0.05) is 42.6 Å². The molecule has 36 heavy (non-hydrogen) atoms. The number of H-pyrrole nitrogens is 1. The van der Waals surface area contributed by atoms with Crippen LogP contribution in [0.4, 0.5) is 23.2 Å². The van der Waals surface area contributed by atoms with Crippen molar-refractivity contribution in [2.45, 2.75) is 49.9 Å². The highest BCUT2D eigenvalue weighted by atomic mass is 19.4. The van der Waals surface area contributed by atoms with Crippen molar-refractivity contribution in [3.05, 3.63) is 58.9 Å². The van der Waals surface area contributed by atoms with Gasteiger partial charge in [-0.05, 0) is 65.9 Å². The molecular formula is C24H24F4N6O2. The maximum atomic E-state index is 14.6. The average Bonchev–Trinajstić information content (AvgIpc) is 3.48. The van der Waals surface area contributed by atoms with E-state index in [4.69, 9.17) is 4.74 Å². The monoisotopic (exact) mass is 504 g/mol. The van der Waals surface area contributed by atoms with Crippen LogP contribution in [0.1, 0.15) is 42.4 Å². The van der Waals surface area contributed by atoms with Crippen LogP contribution >= 0.6 is 0 Å². The minimum Gasteiger partial charge on any atom is -0.381 e. The van der Waals surface area contributed by atoms with Gasteiger partial charge in [0.1, 0.15) is 5.82 Å². The third kappa shape index (κ3) is 4.96. The maximum absolute atomic E-state index is 14.6. The van der Waals surface area contributed by atoms with Crippen molar-refractivity contribution in [1.82, 2.24) is 25.9 Å². The molecule has 1 saturated heterocycles. The summed E-state index contributed by atoms with van der Waals surface area (Å²) >= 11 is 0. The summed E-state index contributed by atoms with van der Waals surface area (Å²) in [6, 6.07) is 7.93. The van der Waals surface area contributed by atoms with Gasteiger partial charge >= 0.3 is 6.18 Å². The summed E-state index contributed by atoms with van der Waals surface area (Å²) in [7, 11) is 0. The summed E-state index contributed by atoms with van der Waals surface area (Å²) in [5.74, 6) is -1.10. The van der Waals surface area contributed by atoms with Gasteiger partial charge in [0.2, 0.25) is 5.91 Å². The molecule has 5 rings (SSSR count). The summed E-state index contributed by atoms with van der Waals surface area (Å²) in [6.45, 7) is 1.97. The predicted octanol–water partition coefficient (Wildman–Crippen LogP) is 3.96. The third-order valence-corrected chi connectivity index (χ3v) is 6.77. The van der Waals surface area contributed by atoms with Gasteiger partial charge in [-0.2, -0.15) is 13.2 Å². The molecule has 2 heterocycles. The van der Waals surface area contributed by atoms with E-state index in [1.807, 2.05) is 6.07 Å². The van der Waals surface area contributed by atoms with Gasteiger partial charge in [0.25, 0.3) is 0 Å². The SMILES string of the molecule is O=C(Nc1ccc(CNC2CCOCC2)c(-c2nnn[nH]2)c1)C1(c2ccc(C(F)(F)F)cc2F)CC1. The number of halogens is 4. The van der Waals surface area contributed by atoms with E-state index in [2.05, 4.69) is 31.3 Å². The van der Waals surface area contributed by atoms with Gasteiger partial charge in [-0.3, -0.25) is 4.79 Å². The Hall–Kier alpha value is -3.38. The van der Waals surface area contributed by atoms with Crippen LogP contribution < -0.4 is 10.6 Å². The lowest BCUT2D eigenvalue weighted by atomic mass is 9.93. The molecule has 0 unspecified atom stereocenters. The minimum absolute atomic E-state index is 0.0371. The Kier molecular flexibility index (Phi) is 6.47. The third-order valence-electron chi connectivity index (χ3n) is 6.77. The number of aromatic nitrogens is 4. The highest BCUT2D eigenvalue weighted by molar-refractivity contribution is 6.01. The Morgan fingerprint density at radius 2 is 1.92 bits per heavy atom. The van der Waals surface area contributed by atoms with E-state index in [1.165, 1.54) is 0 Å². The van der Waals surface area contributed by atoms with E-state index in [9.17, 15) is 22.4 Å². The number of nitrogens with one attached hydrogen (secondary N) is 3. The van der Waals surface area contributed by atoms with Crippen molar-refractivity contribution >= 4 is 11.6 Å². The highest BCUT2D eigenvalue weighted by Gasteiger charge is 2.53. The van der Waals surface area contributed by atoms with E-state index in [0.29, 0.717) is 61.8 Å². The van der Waals surface area contributed by atoms with Crippen LogP contribution in [0.3, 0.4) is 0 Å². The van der Waals surface area contributed by atoms with Gasteiger partial charge in [-0.25, -0.2) is 9.49 Å². The lowest BCUT2D eigenvalue weighted by Crippen LogP contribution is -2.34. The summed E-state index contributed by atoms with van der Waals surface area (Å²) in [6.07, 6.45) is -2.16. The standard InChI is InChI=1S/C24H24F4N6O2/c25-20-11-15(24(26,27)28)2-4-19(20)23(7-8-23)22(35)30-17-3-1-14(13-29-16-5-9-36-10-6-16)18(12-17)21-31-33-34-32-21/h1-4,11-12,16,29H,5-10,13H2,(H,30,35)(H,31,32,33,34). The number of benzene rings is 2. The van der Waals surface area contributed by atoms with Crippen LogP contribution in [0.25, 0.3) is 11.4 Å². The molecule has 1 amide bonds. The van der Waals surface area contributed by atoms with Gasteiger partial charge in [-0.1, -0.05) is 12.1 Å². The van der Waals surface area contributed by atoms with Crippen molar-refractivity contribution in [1.29, 1.82) is 0 Å². The number of aromatic amines is 1. The van der Waals surface area contributed by atoms with E-state index in [1.54, 1.807) is 12.1 Å². The van der Waals surface area contributed by atoms with Crippen LogP contribution in [0.5, 0.6) is 0 Å². The molecule has 190 valence electrons. The number of nitrogens with zero attached hydrogens (tertiary/aromatic N) is 3. The number of amides is 1. The van der Waals surface area contributed by atoms with Gasteiger partial charge in [-0.15, -0.1) is 5.10 Å². The fourth-order valence-corrected chi connectivity index (χ4v) is 4.53. The van der Waals surface area contributed by atoms with E-state index < -0.39 is 28.9 Å². The quantitative estimate of drug-likeness (QED) is 0.421. The minimum atomic E-state index is -4.66.